The number of thioether (sulfide) groups is 1. The summed E-state index contributed by atoms with van der Waals surface area (Å²) in [4.78, 5) is 17.2. The number of nitrogen functional groups attached to an aromatic ring is 1. The van der Waals surface area contributed by atoms with Crippen molar-refractivity contribution in [2.75, 3.05) is 16.8 Å². The summed E-state index contributed by atoms with van der Waals surface area (Å²) in [5, 5.41) is 24.3. The number of hydrogen-bond acceptors (Lipinski definition) is 7. The first kappa shape index (κ1) is 20.4. The number of aryl methyl sites for hydroxylation is 1. The Hall–Kier alpha value is -3.33. The second-order valence-corrected chi connectivity index (χ2v) is 8.17. The van der Waals surface area contributed by atoms with E-state index in [1.54, 1.807) is 0 Å². The van der Waals surface area contributed by atoms with Crippen molar-refractivity contribution in [2.45, 2.75) is 18.4 Å². The van der Waals surface area contributed by atoms with Crippen LogP contribution in [-0.2, 0) is 4.79 Å². The van der Waals surface area contributed by atoms with Crippen LogP contribution in [0.3, 0.4) is 0 Å². The lowest BCUT2D eigenvalue weighted by Gasteiger charge is -2.11. The molecule has 2 heterocycles. The third-order valence-corrected chi connectivity index (χ3v) is 5.95. The number of thiophene rings is 1. The average Bonchev–Trinajstić information content (AvgIpc) is 3.23. The lowest BCUT2D eigenvalue weighted by atomic mass is 10.0. The van der Waals surface area contributed by atoms with Crippen LogP contribution in [-0.4, -0.2) is 16.6 Å². The van der Waals surface area contributed by atoms with Crippen molar-refractivity contribution in [2.24, 2.45) is 0 Å². The van der Waals surface area contributed by atoms with Gasteiger partial charge < -0.3 is 11.1 Å². The Labute approximate surface area is 177 Å². The zero-order valence-corrected chi connectivity index (χ0v) is 17.2. The molecule has 3 N–H and O–H groups in total. The van der Waals surface area contributed by atoms with E-state index < -0.39 is 0 Å². The molecule has 3 rings (SSSR count). The maximum atomic E-state index is 12.2. The van der Waals surface area contributed by atoms with E-state index in [-0.39, 0.29) is 23.7 Å². The van der Waals surface area contributed by atoms with E-state index in [1.807, 2.05) is 48.7 Å². The summed E-state index contributed by atoms with van der Waals surface area (Å²) in [6, 6.07) is 15.5. The third-order valence-electron chi connectivity index (χ3n) is 4.09. The van der Waals surface area contributed by atoms with Crippen LogP contribution < -0.4 is 11.1 Å². The minimum atomic E-state index is -0.125. The lowest BCUT2D eigenvalue weighted by Crippen LogP contribution is -2.12. The highest BCUT2D eigenvalue weighted by atomic mass is 32.2. The van der Waals surface area contributed by atoms with E-state index >= 15 is 0 Å². The molecule has 8 heteroatoms. The Kier molecular flexibility index (Phi) is 6.50. The van der Waals surface area contributed by atoms with Gasteiger partial charge in [0.05, 0.1) is 5.56 Å². The predicted octanol–water partition coefficient (Wildman–Crippen LogP) is 4.56. The SMILES string of the molecule is Cc1ccc(NC(=O)CCSc2nc(N)c(C#N)c(-c3cccs3)c2C#N)cc1. The number of pyridine rings is 1. The number of carbonyl (C=O) groups is 1. The molecule has 0 aliphatic carbocycles. The molecule has 0 aliphatic rings. The first-order chi connectivity index (χ1) is 14.0. The van der Waals surface area contributed by atoms with Crippen LogP contribution in [0.15, 0.2) is 46.8 Å². The Bertz CT molecular complexity index is 1110. The molecule has 6 nitrogen and oxygen atoms in total. The monoisotopic (exact) mass is 419 g/mol. The van der Waals surface area contributed by atoms with Crippen LogP contribution >= 0.6 is 23.1 Å². The molecule has 3 aromatic rings. The quantitative estimate of drug-likeness (QED) is 0.566. The molecule has 1 aromatic carbocycles. The van der Waals surface area contributed by atoms with E-state index in [0.29, 0.717) is 21.9 Å². The highest BCUT2D eigenvalue weighted by molar-refractivity contribution is 7.99. The third kappa shape index (κ3) is 4.75. The molecular formula is C21H17N5OS2. The van der Waals surface area contributed by atoms with Crippen molar-refractivity contribution in [1.29, 1.82) is 10.5 Å². The molecule has 0 fully saturated rings. The van der Waals surface area contributed by atoms with Gasteiger partial charge in [0.15, 0.2) is 0 Å². The number of hydrogen-bond donors (Lipinski definition) is 2. The summed E-state index contributed by atoms with van der Waals surface area (Å²) in [5.41, 5.74) is 8.85. The molecule has 0 aliphatic heterocycles. The number of nitrogens with zero attached hydrogens (tertiary/aromatic N) is 3. The Morgan fingerprint density at radius 1 is 1.21 bits per heavy atom. The Morgan fingerprint density at radius 2 is 1.93 bits per heavy atom. The summed E-state index contributed by atoms with van der Waals surface area (Å²) >= 11 is 2.70. The van der Waals surface area contributed by atoms with Gasteiger partial charge in [-0.05, 0) is 30.5 Å². The summed E-state index contributed by atoms with van der Waals surface area (Å²) < 4.78 is 0. The van der Waals surface area contributed by atoms with Gasteiger partial charge in [-0.25, -0.2) is 4.98 Å². The molecule has 144 valence electrons. The van der Waals surface area contributed by atoms with E-state index in [0.717, 1.165) is 16.1 Å². The van der Waals surface area contributed by atoms with Crippen LogP contribution in [0.5, 0.6) is 0 Å². The number of aromatic nitrogens is 1. The van der Waals surface area contributed by atoms with E-state index in [1.165, 1.54) is 23.1 Å². The van der Waals surface area contributed by atoms with E-state index in [4.69, 9.17) is 5.73 Å². The topological polar surface area (TPSA) is 116 Å². The smallest absolute Gasteiger partial charge is 0.225 e. The predicted molar refractivity (Wildman–Crippen MR) is 117 cm³/mol. The number of nitriles is 2. The molecule has 0 saturated heterocycles. The largest absolute Gasteiger partial charge is 0.383 e. The van der Waals surface area contributed by atoms with Gasteiger partial charge in [0.2, 0.25) is 5.91 Å². The Morgan fingerprint density at radius 3 is 2.55 bits per heavy atom. The van der Waals surface area contributed by atoms with Gasteiger partial charge in [0, 0.05) is 28.3 Å². The van der Waals surface area contributed by atoms with Crippen molar-refractivity contribution < 1.29 is 4.79 Å². The van der Waals surface area contributed by atoms with Gasteiger partial charge in [-0.1, -0.05) is 23.8 Å². The van der Waals surface area contributed by atoms with Crippen LogP contribution in [0.2, 0.25) is 0 Å². The molecule has 0 radical (unpaired) electrons. The van der Waals surface area contributed by atoms with Crippen molar-refractivity contribution in [3.63, 3.8) is 0 Å². The number of carbonyl (C=O) groups excluding carboxylic acids is 1. The summed E-state index contributed by atoms with van der Waals surface area (Å²) in [6.45, 7) is 1.98. The van der Waals surface area contributed by atoms with Gasteiger partial charge in [0.25, 0.3) is 0 Å². The van der Waals surface area contributed by atoms with E-state index in [2.05, 4.69) is 22.4 Å². The molecule has 0 saturated carbocycles. The number of benzene rings is 1. The summed E-state index contributed by atoms with van der Waals surface area (Å²) in [6.07, 6.45) is 0.249. The number of nitrogens with two attached hydrogens (primary N) is 1. The zero-order chi connectivity index (χ0) is 20.8. The number of nitrogens with one attached hydrogen (secondary N) is 1. The molecule has 0 bridgehead atoms. The van der Waals surface area contributed by atoms with Gasteiger partial charge in [-0.3, -0.25) is 4.79 Å². The molecular weight excluding hydrogens is 402 g/mol. The fourth-order valence-electron chi connectivity index (χ4n) is 2.67. The second-order valence-electron chi connectivity index (χ2n) is 6.14. The standard InChI is InChI=1S/C21H17N5OS2/c1-13-4-6-14(7-5-13)25-18(27)8-10-29-21-16(12-23)19(17-3-2-9-28-17)15(11-22)20(24)26-21/h2-7,9H,8,10H2,1H3,(H2,24,26)(H,25,27). The van der Waals surface area contributed by atoms with Crippen LogP contribution in [0.1, 0.15) is 23.1 Å². The van der Waals surface area contributed by atoms with Crippen LogP contribution in [0.4, 0.5) is 11.5 Å². The first-order valence-corrected chi connectivity index (χ1v) is 10.6. The summed E-state index contributed by atoms with van der Waals surface area (Å²) in [5.74, 6) is 0.385. The van der Waals surface area contributed by atoms with Crippen molar-refractivity contribution in [3.8, 4) is 22.6 Å². The van der Waals surface area contributed by atoms with Gasteiger partial charge in [-0.2, -0.15) is 10.5 Å². The van der Waals surface area contributed by atoms with Crippen LogP contribution in [0.25, 0.3) is 10.4 Å². The Balaban J connectivity index is 1.76. The van der Waals surface area contributed by atoms with Crippen molar-refractivity contribution >= 4 is 40.5 Å². The minimum absolute atomic E-state index is 0.0847. The van der Waals surface area contributed by atoms with Crippen molar-refractivity contribution in [1.82, 2.24) is 4.98 Å². The maximum Gasteiger partial charge on any atom is 0.225 e. The molecule has 1 amide bonds. The molecule has 29 heavy (non-hydrogen) atoms. The fraction of sp³-hybridized carbons (Fsp3) is 0.143. The number of rotatable bonds is 6. The fourth-order valence-corrected chi connectivity index (χ4v) is 4.39. The zero-order valence-electron chi connectivity index (χ0n) is 15.6. The average molecular weight is 420 g/mol. The normalized spacial score (nSPS) is 10.2. The van der Waals surface area contributed by atoms with Gasteiger partial charge in [0.1, 0.15) is 28.5 Å². The van der Waals surface area contributed by atoms with Gasteiger partial charge >= 0.3 is 0 Å². The molecule has 0 atom stereocenters. The highest BCUT2D eigenvalue weighted by Crippen LogP contribution is 2.37. The molecule has 0 spiro atoms. The van der Waals surface area contributed by atoms with Crippen LogP contribution in [0, 0.1) is 29.6 Å². The number of amides is 1. The van der Waals surface area contributed by atoms with Gasteiger partial charge in [-0.15, -0.1) is 23.1 Å². The second kappa shape index (κ2) is 9.24. The van der Waals surface area contributed by atoms with Crippen molar-refractivity contribution in [3.05, 3.63) is 58.5 Å². The van der Waals surface area contributed by atoms with E-state index in [9.17, 15) is 15.3 Å². The first-order valence-electron chi connectivity index (χ1n) is 8.70. The summed E-state index contributed by atoms with van der Waals surface area (Å²) in [7, 11) is 0. The maximum absolute atomic E-state index is 12.2. The lowest BCUT2D eigenvalue weighted by molar-refractivity contribution is -0.115. The number of anilines is 2. The highest BCUT2D eigenvalue weighted by Gasteiger charge is 2.21. The minimum Gasteiger partial charge on any atom is -0.383 e. The molecule has 2 aromatic heterocycles. The molecule has 0 unspecified atom stereocenters.